The molecule has 5 nitrogen and oxygen atoms in total. The Morgan fingerprint density at radius 2 is 2.12 bits per heavy atom. The lowest BCUT2D eigenvalue weighted by atomic mass is 9.64. The van der Waals surface area contributed by atoms with Crippen LogP contribution >= 0.6 is 12.2 Å². The summed E-state index contributed by atoms with van der Waals surface area (Å²) in [5.41, 5.74) is 0.376. The number of H-pyrrole nitrogens is 1. The summed E-state index contributed by atoms with van der Waals surface area (Å²) in [7, 11) is 0. The summed E-state index contributed by atoms with van der Waals surface area (Å²) >= 11 is 5.21. The van der Waals surface area contributed by atoms with E-state index in [1.54, 1.807) is 12.1 Å². The minimum Gasteiger partial charge on any atom is -0.354 e. The molecule has 3 rings (SSSR count). The van der Waals surface area contributed by atoms with Crippen LogP contribution in [0.15, 0.2) is 24.3 Å². The number of aromatic amines is 1. The van der Waals surface area contributed by atoms with Gasteiger partial charge in [-0.3, -0.25) is 9.89 Å². The van der Waals surface area contributed by atoms with Crippen LogP contribution in [0.5, 0.6) is 0 Å². The monoisotopic (exact) mass is 348 g/mol. The molecule has 1 fully saturated rings. The highest BCUT2D eigenvalue weighted by Crippen LogP contribution is 2.43. The molecule has 0 bridgehead atoms. The van der Waals surface area contributed by atoms with Crippen LogP contribution in [0.4, 0.5) is 4.39 Å². The van der Waals surface area contributed by atoms with Crippen molar-refractivity contribution >= 4 is 18.1 Å². The molecule has 0 aliphatic heterocycles. The summed E-state index contributed by atoms with van der Waals surface area (Å²) in [4.78, 5) is 12.7. The molecule has 1 aliphatic carbocycles. The van der Waals surface area contributed by atoms with Crippen molar-refractivity contribution < 1.29 is 9.18 Å². The van der Waals surface area contributed by atoms with Crippen LogP contribution in [0, 0.1) is 10.6 Å². The van der Waals surface area contributed by atoms with E-state index in [0.717, 1.165) is 37.1 Å². The first kappa shape index (κ1) is 16.8. The summed E-state index contributed by atoms with van der Waals surface area (Å²) in [6, 6.07) is 6.27. The third-order valence-corrected chi connectivity index (χ3v) is 5.12. The van der Waals surface area contributed by atoms with Crippen molar-refractivity contribution in [2.45, 2.75) is 44.6 Å². The predicted molar refractivity (Wildman–Crippen MR) is 91.7 cm³/mol. The maximum atomic E-state index is 13.1. The van der Waals surface area contributed by atoms with Crippen LogP contribution in [0.1, 0.15) is 37.6 Å². The largest absolute Gasteiger partial charge is 0.354 e. The van der Waals surface area contributed by atoms with Crippen LogP contribution < -0.4 is 5.32 Å². The minimum absolute atomic E-state index is 0.00780. The fourth-order valence-electron chi connectivity index (χ4n) is 3.25. The number of halogens is 1. The van der Waals surface area contributed by atoms with Gasteiger partial charge >= 0.3 is 0 Å². The lowest BCUT2D eigenvalue weighted by molar-refractivity contribution is -0.129. The number of hydrogen-bond acceptors (Lipinski definition) is 3. The quantitative estimate of drug-likeness (QED) is 0.789. The molecule has 7 heteroatoms. The van der Waals surface area contributed by atoms with Crippen molar-refractivity contribution in [3.8, 4) is 0 Å². The van der Waals surface area contributed by atoms with E-state index in [4.69, 9.17) is 12.2 Å². The number of hydrogen-bond donors (Lipinski definition) is 2. The summed E-state index contributed by atoms with van der Waals surface area (Å²) in [6.07, 6.45) is 3.39. The second-order valence-corrected chi connectivity index (χ2v) is 6.54. The lowest BCUT2D eigenvalue weighted by Crippen LogP contribution is -2.49. The topological polar surface area (TPSA) is 62.7 Å². The Hall–Kier alpha value is -2.02. The number of benzene rings is 1. The standard InChI is InChI=1S/C17H21FN4OS/c1-2-14-20-21-16(24)22(14)11-10-19-15(23)17(8-3-9-17)12-4-6-13(18)7-5-12/h4-7H,2-3,8-11H2,1H3,(H,19,23)(H,21,24). The molecule has 1 heterocycles. The number of nitrogens with one attached hydrogen (secondary N) is 2. The Bertz CT molecular complexity index is 777. The molecule has 1 saturated carbocycles. The number of nitrogens with zero attached hydrogens (tertiary/aromatic N) is 2. The average Bonchev–Trinajstić information content (AvgIpc) is 2.88. The smallest absolute Gasteiger partial charge is 0.230 e. The zero-order chi connectivity index (χ0) is 17.2. The molecular weight excluding hydrogens is 327 g/mol. The number of aromatic nitrogens is 3. The van der Waals surface area contributed by atoms with Crippen LogP contribution in [-0.2, 0) is 23.2 Å². The van der Waals surface area contributed by atoms with Gasteiger partial charge in [0.1, 0.15) is 11.6 Å². The Morgan fingerprint density at radius 3 is 2.71 bits per heavy atom. The van der Waals surface area contributed by atoms with Crippen molar-refractivity contribution in [3.05, 3.63) is 46.2 Å². The van der Waals surface area contributed by atoms with Gasteiger partial charge in [-0.05, 0) is 42.8 Å². The molecule has 1 aromatic heterocycles. The molecule has 1 aromatic carbocycles. The molecule has 0 spiro atoms. The van der Waals surface area contributed by atoms with E-state index in [-0.39, 0.29) is 11.7 Å². The van der Waals surface area contributed by atoms with Crippen molar-refractivity contribution in [2.24, 2.45) is 0 Å². The van der Waals surface area contributed by atoms with E-state index in [1.807, 2.05) is 11.5 Å². The van der Waals surface area contributed by atoms with E-state index in [9.17, 15) is 9.18 Å². The first-order valence-corrected chi connectivity index (χ1v) is 8.66. The lowest BCUT2D eigenvalue weighted by Gasteiger charge is -2.40. The van der Waals surface area contributed by atoms with Gasteiger partial charge in [0.25, 0.3) is 0 Å². The fourth-order valence-corrected chi connectivity index (χ4v) is 3.49. The molecule has 0 atom stereocenters. The average molecular weight is 348 g/mol. The van der Waals surface area contributed by atoms with Gasteiger partial charge < -0.3 is 9.88 Å². The van der Waals surface area contributed by atoms with Gasteiger partial charge in [0.05, 0.1) is 5.41 Å². The molecule has 24 heavy (non-hydrogen) atoms. The highest BCUT2D eigenvalue weighted by molar-refractivity contribution is 7.71. The third kappa shape index (κ3) is 3.00. The molecule has 128 valence electrons. The summed E-state index contributed by atoms with van der Waals surface area (Å²) in [5, 5.41) is 9.95. The fraction of sp³-hybridized carbons (Fsp3) is 0.471. The highest BCUT2D eigenvalue weighted by atomic mass is 32.1. The summed E-state index contributed by atoms with van der Waals surface area (Å²) in [6.45, 7) is 3.09. The second-order valence-electron chi connectivity index (χ2n) is 6.15. The molecule has 2 N–H and O–H groups in total. The normalized spacial score (nSPS) is 15.8. The molecule has 0 saturated heterocycles. The Morgan fingerprint density at radius 1 is 1.42 bits per heavy atom. The Balaban J connectivity index is 1.66. The number of amides is 1. The van der Waals surface area contributed by atoms with E-state index >= 15 is 0 Å². The summed E-state index contributed by atoms with van der Waals surface area (Å²) < 4.78 is 15.6. The van der Waals surface area contributed by atoms with E-state index in [2.05, 4.69) is 15.5 Å². The maximum absolute atomic E-state index is 13.1. The molecule has 2 aromatic rings. The van der Waals surface area contributed by atoms with Gasteiger partial charge in [0.15, 0.2) is 4.77 Å². The predicted octanol–water partition coefficient (Wildman–Crippen LogP) is 2.88. The van der Waals surface area contributed by atoms with E-state index in [1.165, 1.54) is 12.1 Å². The van der Waals surface area contributed by atoms with Crippen molar-refractivity contribution in [1.82, 2.24) is 20.1 Å². The molecule has 0 radical (unpaired) electrons. The molecule has 0 unspecified atom stereocenters. The van der Waals surface area contributed by atoms with Crippen LogP contribution in [0.25, 0.3) is 0 Å². The van der Waals surface area contributed by atoms with Crippen molar-refractivity contribution in [2.75, 3.05) is 6.54 Å². The molecule has 1 amide bonds. The zero-order valence-corrected chi connectivity index (χ0v) is 14.5. The van der Waals surface area contributed by atoms with Crippen molar-refractivity contribution in [1.29, 1.82) is 0 Å². The van der Waals surface area contributed by atoms with Gasteiger partial charge in [-0.2, -0.15) is 5.10 Å². The van der Waals surface area contributed by atoms with E-state index < -0.39 is 5.41 Å². The van der Waals surface area contributed by atoms with Gasteiger partial charge in [-0.25, -0.2) is 4.39 Å². The third-order valence-electron chi connectivity index (χ3n) is 4.81. The minimum atomic E-state index is -0.515. The number of rotatable bonds is 6. The van der Waals surface area contributed by atoms with Gasteiger partial charge in [0, 0.05) is 19.5 Å². The van der Waals surface area contributed by atoms with Gasteiger partial charge in [-0.15, -0.1) is 0 Å². The van der Waals surface area contributed by atoms with Crippen LogP contribution in [-0.4, -0.2) is 27.2 Å². The van der Waals surface area contributed by atoms with Crippen LogP contribution in [0.2, 0.25) is 0 Å². The SMILES string of the molecule is CCc1n[nH]c(=S)n1CCNC(=O)C1(c2ccc(F)cc2)CCC1. The second kappa shape index (κ2) is 6.84. The zero-order valence-electron chi connectivity index (χ0n) is 13.6. The number of aryl methyl sites for hydroxylation is 1. The Kier molecular flexibility index (Phi) is 4.80. The summed E-state index contributed by atoms with van der Waals surface area (Å²) in [5.74, 6) is 0.606. The number of carbonyl (C=O) groups is 1. The maximum Gasteiger partial charge on any atom is 0.230 e. The number of carbonyl (C=O) groups excluding carboxylic acids is 1. The molecular formula is C17H21FN4OS. The van der Waals surface area contributed by atoms with E-state index in [0.29, 0.717) is 17.9 Å². The van der Waals surface area contributed by atoms with Crippen LogP contribution in [0.3, 0.4) is 0 Å². The van der Waals surface area contributed by atoms with Gasteiger partial charge in [-0.1, -0.05) is 25.5 Å². The van der Waals surface area contributed by atoms with Gasteiger partial charge in [0.2, 0.25) is 5.91 Å². The molecule has 1 aliphatic rings. The first-order chi connectivity index (χ1) is 11.6. The van der Waals surface area contributed by atoms with Crippen molar-refractivity contribution in [3.63, 3.8) is 0 Å². The highest BCUT2D eigenvalue weighted by Gasteiger charge is 2.45. The Labute approximate surface area is 145 Å². The first-order valence-electron chi connectivity index (χ1n) is 8.25.